The Labute approximate surface area is 383 Å². The van der Waals surface area contributed by atoms with E-state index >= 15 is 0 Å². The summed E-state index contributed by atoms with van der Waals surface area (Å²) in [6, 6.07) is 23.8. The lowest BCUT2D eigenvalue weighted by Gasteiger charge is -2.59. The summed E-state index contributed by atoms with van der Waals surface area (Å²) in [6.07, 6.45) is 4.40. The highest BCUT2D eigenvalue weighted by Crippen LogP contribution is 2.53. The third kappa shape index (κ3) is 11.7. The molecule has 0 radical (unpaired) electrons. The summed E-state index contributed by atoms with van der Waals surface area (Å²) in [7, 11) is -4.37. The van der Waals surface area contributed by atoms with E-state index in [9.17, 15) is 4.79 Å². The van der Waals surface area contributed by atoms with E-state index in [4.69, 9.17) is 37.3 Å². The standard InChI is InChI=1S/C52H84O9Si2/c1-14-63(15-2,16-3)59-42-31-38(4)47-41(56-43(42)33-49(8,37-53)61-62(12,13)48(5,6)7)27-28-51(10)44(57-47)32-45-52(11,60-51)34-46(55-36-40-25-21-18-22-26-40)50(9,58-45)29-30-54-35-39-23-19-17-20-24-39/h17-26,37-38,41-47H,14-16,27-36H2,1-13H3/t38-,41+,42+,43-,44+,45-,46-,47-,49+,50+,51-,52+/m1/s1. The first-order valence-corrected chi connectivity index (χ1v) is 29.9. The summed E-state index contributed by atoms with van der Waals surface area (Å²) in [4.78, 5) is 13.2. The summed E-state index contributed by atoms with van der Waals surface area (Å²) in [5.74, 6) is 0.150. The molecule has 0 amide bonds. The van der Waals surface area contributed by atoms with Gasteiger partial charge in [0.1, 0.15) is 11.9 Å². The van der Waals surface area contributed by atoms with Gasteiger partial charge in [-0.1, -0.05) is 109 Å². The van der Waals surface area contributed by atoms with Crippen molar-refractivity contribution in [3.8, 4) is 0 Å². The molecule has 0 bridgehead atoms. The Kier molecular flexibility index (Phi) is 16.2. The minimum atomic E-state index is -2.31. The minimum Gasteiger partial charge on any atom is -0.411 e. The van der Waals surface area contributed by atoms with Crippen molar-refractivity contribution < 1.29 is 42.1 Å². The van der Waals surface area contributed by atoms with Crippen LogP contribution in [0.1, 0.15) is 132 Å². The van der Waals surface area contributed by atoms with Gasteiger partial charge in [-0.2, -0.15) is 0 Å². The monoisotopic (exact) mass is 909 g/mol. The van der Waals surface area contributed by atoms with E-state index in [1.807, 2.05) is 31.2 Å². The Morgan fingerprint density at radius 3 is 2.03 bits per heavy atom. The van der Waals surface area contributed by atoms with E-state index in [-0.39, 0.29) is 53.7 Å². The Balaban J connectivity index is 1.25. The Morgan fingerprint density at radius 2 is 1.44 bits per heavy atom. The lowest BCUT2D eigenvalue weighted by atomic mass is 9.73. The van der Waals surface area contributed by atoms with Crippen molar-refractivity contribution in [2.75, 3.05) is 6.61 Å². The molecule has 0 aromatic heterocycles. The third-order valence-electron chi connectivity index (χ3n) is 16.1. The molecule has 6 rings (SSSR count). The minimum absolute atomic E-state index is 0.0498. The first-order valence-electron chi connectivity index (χ1n) is 24.4. The van der Waals surface area contributed by atoms with Gasteiger partial charge >= 0.3 is 0 Å². The normalized spacial score (nSPS) is 35.0. The Morgan fingerprint density at radius 1 is 0.825 bits per heavy atom. The first-order chi connectivity index (χ1) is 29.6. The number of hydrogen-bond donors (Lipinski definition) is 0. The van der Waals surface area contributed by atoms with E-state index in [2.05, 4.69) is 119 Å². The van der Waals surface area contributed by atoms with Crippen molar-refractivity contribution in [1.82, 2.24) is 0 Å². The number of ether oxygens (including phenoxy) is 6. The molecule has 0 unspecified atom stereocenters. The van der Waals surface area contributed by atoms with Crippen molar-refractivity contribution in [1.29, 1.82) is 0 Å². The molecule has 0 N–H and O–H groups in total. The second-order valence-electron chi connectivity index (χ2n) is 22.1. The second-order valence-corrected chi connectivity index (χ2v) is 31.6. The predicted octanol–water partition coefficient (Wildman–Crippen LogP) is 11.8. The number of fused-ring (bicyclic) bond motifs is 3. The van der Waals surface area contributed by atoms with Gasteiger partial charge in [0.15, 0.2) is 16.6 Å². The molecular weight excluding hydrogens is 825 g/mol. The molecule has 12 atom stereocenters. The molecule has 9 nitrogen and oxygen atoms in total. The van der Waals surface area contributed by atoms with Crippen molar-refractivity contribution in [2.45, 2.75) is 236 Å². The van der Waals surface area contributed by atoms with Gasteiger partial charge in [-0.25, -0.2) is 0 Å². The van der Waals surface area contributed by atoms with E-state index in [1.165, 1.54) is 0 Å². The van der Waals surface area contributed by atoms with Crippen LogP contribution in [0, 0.1) is 5.92 Å². The molecule has 354 valence electrons. The predicted molar refractivity (Wildman–Crippen MR) is 256 cm³/mol. The highest BCUT2D eigenvalue weighted by Gasteiger charge is 2.62. The molecule has 2 aromatic carbocycles. The van der Waals surface area contributed by atoms with E-state index in [0.29, 0.717) is 45.5 Å². The van der Waals surface area contributed by atoms with Crippen LogP contribution in [0.4, 0.5) is 0 Å². The van der Waals surface area contributed by atoms with Crippen molar-refractivity contribution in [3.63, 3.8) is 0 Å². The van der Waals surface area contributed by atoms with Crippen LogP contribution in [0.2, 0.25) is 36.3 Å². The molecule has 4 aliphatic rings. The van der Waals surface area contributed by atoms with E-state index in [0.717, 1.165) is 54.8 Å². The molecule has 0 spiro atoms. The van der Waals surface area contributed by atoms with Crippen LogP contribution >= 0.6 is 0 Å². The molecule has 4 aliphatic heterocycles. The largest absolute Gasteiger partial charge is 0.411 e. The summed E-state index contributed by atoms with van der Waals surface area (Å²) < 4.78 is 57.0. The molecule has 0 saturated carbocycles. The maximum atomic E-state index is 13.2. The van der Waals surface area contributed by atoms with Crippen LogP contribution in [0.5, 0.6) is 0 Å². The van der Waals surface area contributed by atoms with E-state index in [1.54, 1.807) is 0 Å². The average molecular weight is 909 g/mol. The molecular formula is C52H84O9Si2. The SMILES string of the molecule is CC[Si](CC)(CC)O[C@H]1C[C@@H](C)[C@H]2O[C@H]3C[C@H]4O[C@@](C)(CCOCc5ccccc5)[C@H](OCc5ccccc5)C[C@]4(C)O[C@]3(C)CC[C@@H]2O[C@@H]1C[C@@](C)(C=O)O[Si](C)(C)C(C)(C)C. The lowest BCUT2D eigenvalue weighted by Crippen LogP contribution is -2.69. The quantitative estimate of drug-likeness (QED) is 0.0824. The summed E-state index contributed by atoms with van der Waals surface area (Å²) in [5.41, 5.74) is -0.497. The molecule has 0 aliphatic carbocycles. The van der Waals surface area contributed by atoms with Gasteiger partial charge in [-0.05, 0) is 100 Å². The van der Waals surface area contributed by atoms with Gasteiger partial charge in [-0.15, -0.1) is 0 Å². The molecule has 63 heavy (non-hydrogen) atoms. The van der Waals surface area contributed by atoms with Crippen LogP contribution in [-0.2, 0) is 55.3 Å². The highest BCUT2D eigenvalue weighted by molar-refractivity contribution is 6.74. The fourth-order valence-corrected chi connectivity index (χ4v) is 15.2. The number of benzene rings is 2. The lowest BCUT2D eigenvalue weighted by molar-refractivity contribution is -0.345. The number of rotatable bonds is 18. The molecule has 11 heteroatoms. The maximum absolute atomic E-state index is 13.2. The first kappa shape index (κ1) is 50.6. The molecule has 4 fully saturated rings. The summed E-state index contributed by atoms with van der Waals surface area (Å²) in [5, 5.41) is -0.0498. The number of carbonyl (C=O) groups is 1. The fourth-order valence-electron chi connectivity index (χ4n) is 10.7. The second kappa shape index (κ2) is 20.2. The summed E-state index contributed by atoms with van der Waals surface area (Å²) in [6.45, 7) is 30.5. The van der Waals surface area contributed by atoms with Crippen LogP contribution in [-0.4, -0.2) is 94.7 Å². The van der Waals surface area contributed by atoms with Gasteiger partial charge in [0.05, 0.1) is 72.7 Å². The molecule has 4 saturated heterocycles. The zero-order valence-electron chi connectivity index (χ0n) is 41.3. The van der Waals surface area contributed by atoms with Crippen LogP contribution in [0.3, 0.4) is 0 Å². The maximum Gasteiger partial charge on any atom is 0.193 e. The van der Waals surface area contributed by atoms with E-state index < -0.39 is 39.0 Å². The average Bonchev–Trinajstić information content (AvgIpc) is 3.45. The van der Waals surface area contributed by atoms with Gasteiger partial charge in [0, 0.05) is 32.3 Å². The Bertz CT molecular complexity index is 1750. The zero-order valence-corrected chi connectivity index (χ0v) is 43.3. The van der Waals surface area contributed by atoms with Crippen LogP contribution < -0.4 is 0 Å². The third-order valence-corrected chi connectivity index (χ3v) is 25.4. The van der Waals surface area contributed by atoms with Gasteiger partial charge in [0.2, 0.25) is 0 Å². The molecule has 4 heterocycles. The van der Waals surface area contributed by atoms with Gasteiger partial charge < -0.3 is 42.1 Å². The number of hydrogen-bond acceptors (Lipinski definition) is 9. The number of carbonyl (C=O) groups excluding carboxylic acids is 1. The van der Waals surface area contributed by atoms with Crippen molar-refractivity contribution in [2.24, 2.45) is 5.92 Å². The van der Waals surface area contributed by atoms with Gasteiger partial charge in [-0.3, -0.25) is 0 Å². The zero-order chi connectivity index (χ0) is 45.9. The van der Waals surface area contributed by atoms with Gasteiger partial charge in [0.25, 0.3) is 0 Å². The fraction of sp³-hybridized carbons (Fsp3) is 0.750. The van der Waals surface area contributed by atoms with Crippen LogP contribution in [0.15, 0.2) is 60.7 Å². The van der Waals surface area contributed by atoms with Crippen LogP contribution in [0.25, 0.3) is 0 Å². The highest BCUT2D eigenvalue weighted by atomic mass is 28.4. The summed E-state index contributed by atoms with van der Waals surface area (Å²) >= 11 is 0. The topological polar surface area (TPSA) is 90.9 Å². The number of aldehydes is 1. The van der Waals surface area contributed by atoms with Crippen molar-refractivity contribution in [3.05, 3.63) is 71.8 Å². The van der Waals surface area contributed by atoms with Crippen molar-refractivity contribution >= 4 is 22.9 Å². The Hall–Kier alpha value is -1.78. The smallest absolute Gasteiger partial charge is 0.193 e. The molecule has 2 aromatic rings.